The van der Waals surface area contributed by atoms with Crippen LogP contribution in [-0.2, 0) is 17.9 Å². The first-order valence-corrected chi connectivity index (χ1v) is 15.2. The van der Waals surface area contributed by atoms with Gasteiger partial charge in [0.2, 0.25) is 0 Å². The highest BCUT2D eigenvalue weighted by Gasteiger charge is 2.34. The van der Waals surface area contributed by atoms with Gasteiger partial charge in [-0.15, -0.1) is 0 Å². The molecule has 0 saturated carbocycles. The Hall–Kier alpha value is -4.34. The van der Waals surface area contributed by atoms with Crippen LogP contribution in [0.4, 0.5) is 5.69 Å². The summed E-state index contributed by atoms with van der Waals surface area (Å²) >= 11 is 4.95. The molecular weight excluding hydrogens is 628 g/mol. The molecule has 0 bridgehead atoms. The molecule has 0 aliphatic carbocycles. The van der Waals surface area contributed by atoms with Gasteiger partial charge in [-0.3, -0.25) is 9.69 Å². The lowest BCUT2D eigenvalue weighted by molar-refractivity contribution is -0.122. The van der Waals surface area contributed by atoms with E-state index in [0.29, 0.717) is 34.8 Å². The molecule has 0 atom stereocenters. The first-order chi connectivity index (χ1) is 20.8. The third kappa shape index (κ3) is 7.55. The van der Waals surface area contributed by atoms with Crippen molar-refractivity contribution in [2.24, 2.45) is 4.99 Å². The number of amides is 1. The molecule has 0 aromatic heterocycles. The summed E-state index contributed by atoms with van der Waals surface area (Å²) in [5, 5.41) is 9.78. The molecule has 1 aliphatic rings. The molecule has 43 heavy (non-hydrogen) atoms. The SMILES string of the molecule is CCOc1cc(/C=C2\SC(=Nc3ccccc3)N(Cc3ccc(C(=O)O)cc3)C2=O)c(Br)cc1OCc1cccc(C)c1. The minimum absolute atomic E-state index is 0.186. The molecule has 1 N–H and O–H groups in total. The number of para-hydroxylation sites is 1. The zero-order chi connectivity index (χ0) is 30.3. The lowest BCUT2D eigenvalue weighted by Crippen LogP contribution is -2.28. The summed E-state index contributed by atoms with van der Waals surface area (Å²) in [5.41, 5.74) is 4.67. The number of benzene rings is 4. The van der Waals surface area contributed by atoms with E-state index in [0.717, 1.165) is 32.4 Å². The van der Waals surface area contributed by atoms with Crippen LogP contribution in [0.1, 0.15) is 39.5 Å². The topological polar surface area (TPSA) is 88.4 Å². The zero-order valence-corrected chi connectivity index (χ0v) is 26.0. The van der Waals surface area contributed by atoms with Gasteiger partial charge in [0.05, 0.1) is 29.3 Å². The van der Waals surface area contributed by atoms with E-state index in [1.807, 2.05) is 80.6 Å². The molecule has 1 saturated heterocycles. The average molecular weight is 658 g/mol. The molecule has 4 aromatic carbocycles. The van der Waals surface area contributed by atoms with Crippen molar-refractivity contribution in [3.05, 3.63) is 128 Å². The molecule has 1 amide bonds. The molecule has 7 nitrogen and oxygen atoms in total. The van der Waals surface area contributed by atoms with E-state index in [4.69, 9.17) is 14.5 Å². The van der Waals surface area contributed by atoms with Crippen molar-refractivity contribution < 1.29 is 24.2 Å². The Labute approximate surface area is 263 Å². The number of aryl methyl sites for hydroxylation is 1. The van der Waals surface area contributed by atoms with Crippen LogP contribution < -0.4 is 9.47 Å². The number of carbonyl (C=O) groups is 2. The molecule has 1 fully saturated rings. The van der Waals surface area contributed by atoms with Gasteiger partial charge in [0, 0.05) is 4.47 Å². The molecule has 1 aliphatic heterocycles. The molecule has 0 spiro atoms. The van der Waals surface area contributed by atoms with E-state index >= 15 is 0 Å². The van der Waals surface area contributed by atoms with Crippen molar-refractivity contribution in [1.82, 2.24) is 4.90 Å². The van der Waals surface area contributed by atoms with Gasteiger partial charge in [0.15, 0.2) is 16.7 Å². The molecule has 5 rings (SSSR count). The number of thioether (sulfide) groups is 1. The number of aromatic carboxylic acids is 1. The maximum Gasteiger partial charge on any atom is 0.335 e. The number of carbonyl (C=O) groups excluding carboxylic acids is 1. The van der Waals surface area contributed by atoms with Crippen molar-refractivity contribution in [3.63, 3.8) is 0 Å². The first-order valence-electron chi connectivity index (χ1n) is 13.6. The number of nitrogens with zero attached hydrogens (tertiary/aromatic N) is 2. The van der Waals surface area contributed by atoms with Crippen LogP contribution in [0.2, 0.25) is 0 Å². The maximum atomic E-state index is 13.8. The fraction of sp³-hybridized carbons (Fsp3) is 0.147. The van der Waals surface area contributed by atoms with Crippen molar-refractivity contribution in [1.29, 1.82) is 0 Å². The van der Waals surface area contributed by atoms with Gasteiger partial charge in [0.1, 0.15) is 6.61 Å². The number of rotatable bonds is 10. The van der Waals surface area contributed by atoms with Crippen molar-refractivity contribution in [3.8, 4) is 11.5 Å². The molecule has 4 aromatic rings. The highest BCUT2D eigenvalue weighted by atomic mass is 79.9. The van der Waals surface area contributed by atoms with E-state index in [1.165, 1.54) is 23.9 Å². The minimum atomic E-state index is -1.00. The Morgan fingerprint density at radius 1 is 0.953 bits per heavy atom. The summed E-state index contributed by atoms with van der Waals surface area (Å²) in [7, 11) is 0. The second-order valence-corrected chi connectivity index (χ2v) is 11.6. The third-order valence-corrected chi connectivity index (χ3v) is 8.23. The fourth-order valence-electron chi connectivity index (χ4n) is 4.43. The van der Waals surface area contributed by atoms with E-state index in [1.54, 1.807) is 17.0 Å². The monoisotopic (exact) mass is 656 g/mol. The van der Waals surface area contributed by atoms with Crippen molar-refractivity contribution in [2.75, 3.05) is 6.61 Å². The van der Waals surface area contributed by atoms with E-state index in [9.17, 15) is 14.7 Å². The standard InChI is InChI=1S/C34H29BrN2O5S/c1-3-41-29-17-26(28(35)19-30(29)42-21-24-9-7-8-22(2)16-24)18-31-32(38)37(20-23-12-14-25(15-13-23)33(39)40)34(43-31)36-27-10-5-4-6-11-27/h4-19H,3,20-21H2,1-2H3,(H,39,40)/b31-18-,36-34?. The van der Waals surface area contributed by atoms with Gasteiger partial charge < -0.3 is 14.6 Å². The van der Waals surface area contributed by atoms with Crippen LogP contribution in [0, 0.1) is 6.92 Å². The van der Waals surface area contributed by atoms with Crippen LogP contribution in [-0.4, -0.2) is 33.7 Å². The maximum absolute atomic E-state index is 13.8. The Bertz CT molecular complexity index is 1700. The third-order valence-electron chi connectivity index (χ3n) is 6.54. The number of carboxylic acid groups (broad SMARTS) is 1. The van der Waals surface area contributed by atoms with E-state index < -0.39 is 5.97 Å². The molecular formula is C34H29BrN2O5S. The second-order valence-electron chi connectivity index (χ2n) is 9.77. The number of amidine groups is 1. The predicted octanol–water partition coefficient (Wildman–Crippen LogP) is 8.24. The molecule has 0 radical (unpaired) electrons. The van der Waals surface area contributed by atoms with Crippen LogP contribution in [0.15, 0.2) is 105 Å². The van der Waals surface area contributed by atoms with Gasteiger partial charge in [-0.25, -0.2) is 9.79 Å². The van der Waals surface area contributed by atoms with Crippen LogP contribution in [0.5, 0.6) is 11.5 Å². The Morgan fingerprint density at radius 3 is 2.40 bits per heavy atom. The molecule has 1 heterocycles. The van der Waals surface area contributed by atoms with Gasteiger partial charge in [-0.05, 0) is 84.8 Å². The van der Waals surface area contributed by atoms with E-state index in [-0.39, 0.29) is 18.0 Å². The molecule has 9 heteroatoms. The quantitative estimate of drug-likeness (QED) is 0.173. The summed E-state index contributed by atoms with van der Waals surface area (Å²) in [6.45, 7) is 5.04. The lowest BCUT2D eigenvalue weighted by atomic mass is 10.1. The average Bonchev–Trinajstić information content (AvgIpc) is 3.27. The minimum Gasteiger partial charge on any atom is -0.490 e. The zero-order valence-electron chi connectivity index (χ0n) is 23.6. The molecule has 0 unspecified atom stereocenters. The Balaban J connectivity index is 1.45. The number of halogens is 1. The van der Waals surface area contributed by atoms with Gasteiger partial charge in [-0.2, -0.15) is 0 Å². The second kappa shape index (κ2) is 13.8. The Kier molecular flexibility index (Phi) is 9.64. The summed E-state index contributed by atoms with van der Waals surface area (Å²) < 4.78 is 12.8. The van der Waals surface area contributed by atoms with Gasteiger partial charge in [0.25, 0.3) is 5.91 Å². The summed E-state index contributed by atoms with van der Waals surface area (Å²) in [6, 6.07) is 27.8. The van der Waals surface area contributed by atoms with Crippen molar-refractivity contribution >= 4 is 56.5 Å². The largest absolute Gasteiger partial charge is 0.490 e. The summed E-state index contributed by atoms with van der Waals surface area (Å²) in [5.74, 6) is -0.0270. The highest BCUT2D eigenvalue weighted by molar-refractivity contribution is 9.10. The lowest BCUT2D eigenvalue weighted by Gasteiger charge is -2.16. The fourth-order valence-corrected chi connectivity index (χ4v) is 5.85. The van der Waals surface area contributed by atoms with Gasteiger partial charge >= 0.3 is 5.97 Å². The summed E-state index contributed by atoms with van der Waals surface area (Å²) in [6.07, 6.45) is 1.82. The van der Waals surface area contributed by atoms with E-state index in [2.05, 4.69) is 22.0 Å². The first kappa shape index (κ1) is 30.1. The number of carboxylic acids is 1. The van der Waals surface area contributed by atoms with Crippen LogP contribution in [0.3, 0.4) is 0 Å². The summed E-state index contributed by atoms with van der Waals surface area (Å²) in [4.78, 5) is 31.9. The van der Waals surface area contributed by atoms with Crippen LogP contribution >= 0.6 is 27.7 Å². The van der Waals surface area contributed by atoms with Crippen molar-refractivity contribution in [2.45, 2.75) is 27.0 Å². The number of hydrogen-bond acceptors (Lipinski definition) is 6. The normalized spacial score (nSPS) is 14.9. The number of ether oxygens (including phenoxy) is 2. The van der Waals surface area contributed by atoms with Crippen LogP contribution in [0.25, 0.3) is 6.08 Å². The van der Waals surface area contributed by atoms with Gasteiger partial charge in [-0.1, -0.05) is 76.1 Å². The predicted molar refractivity (Wildman–Crippen MR) is 174 cm³/mol. The highest BCUT2D eigenvalue weighted by Crippen LogP contribution is 2.39. The number of aliphatic imine (C=N–C) groups is 1. The molecule has 218 valence electrons. The smallest absolute Gasteiger partial charge is 0.335 e. The Morgan fingerprint density at radius 2 is 1.70 bits per heavy atom. The number of hydrogen-bond donors (Lipinski definition) is 1.